The Balaban J connectivity index is 2.25. The van der Waals surface area contributed by atoms with Gasteiger partial charge in [-0.2, -0.15) is 0 Å². The summed E-state index contributed by atoms with van der Waals surface area (Å²) in [6.07, 6.45) is 1.42. The topological polar surface area (TPSA) is 102 Å². The standard InChI is InChI=1S/C16H11F2N3O4/c17-9-1-3-15-11(5-9)13(7-19-15)14(8-20(22)23)12-6-10(18)2-4-16(12)21(24)25/h1-7,14,19H,8H2. The van der Waals surface area contributed by atoms with E-state index in [0.29, 0.717) is 16.5 Å². The smallest absolute Gasteiger partial charge is 0.273 e. The molecule has 0 fully saturated rings. The van der Waals surface area contributed by atoms with E-state index in [1.54, 1.807) is 0 Å². The second-order valence-electron chi connectivity index (χ2n) is 5.46. The zero-order valence-electron chi connectivity index (χ0n) is 12.6. The highest BCUT2D eigenvalue weighted by molar-refractivity contribution is 5.84. The van der Waals surface area contributed by atoms with E-state index < -0.39 is 39.6 Å². The van der Waals surface area contributed by atoms with Crippen LogP contribution in [0.5, 0.6) is 0 Å². The van der Waals surface area contributed by atoms with Crippen molar-refractivity contribution in [1.29, 1.82) is 0 Å². The Morgan fingerprint density at radius 1 is 1.00 bits per heavy atom. The Hall–Kier alpha value is -3.36. The van der Waals surface area contributed by atoms with Gasteiger partial charge >= 0.3 is 0 Å². The number of hydrogen-bond acceptors (Lipinski definition) is 4. The van der Waals surface area contributed by atoms with E-state index in [-0.39, 0.29) is 5.56 Å². The molecule has 3 aromatic rings. The van der Waals surface area contributed by atoms with Crippen LogP contribution in [-0.2, 0) is 0 Å². The van der Waals surface area contributed by atoms with Gasteiger partial charge in [0.2, 0.25) is 6.54 Å². The summed E-state index contributed by atoms with van der Waals surface area (Å²) in [6.45, 7) is -0.701. The maximum atomic E-state index is 13.7. The largest absolute Gasteiger partial charge is 0.361 e. The maximum Gasteiger partial charge on any atom is 0.273 e. The monoisotopic (exact) mass is 347 g/mol. The molecule has 1 aromatic heterocycles. The number of aromatic amines is 1. The van der Waals surface area contributed by atoms with Crippen LogP contribution in [0.1, 0.15) is 17.0 Å². The molecule has 3 rings (SSSR count). The molecule has 0 amide bonds. The van der Waals surface area contributed by atoms with E-state index in [2.05, 4.69) is 4.98 Å². The number of hydrogen-bond donors (Lipinski definition) is 1. The van der Waals surface area contributed by atoms with E-state index in [0.717, 1.165) is 18.2 Å². The van der Waals surface area contributed by atoms with Gasteiger partial charge in [-0.3, -0.25) is 20.2 Å². The predicted octanol–water partition coefficient (Wildman–Crippen LogP) is 3.76. The van der Waals surface area contributed by atoms with Gasteiger partial charge in [0, 0.05) is 33.7 Å². The third-order valence-electron chi connectivity index (χ3n) is 3.94. The highest BCUT2D eigenvalue weighted by Crippen LogP contribution is 2.36. The first-order valence-corrected chi connectivity index (χ1v) is 7.19. The van der Waals surface area contributed by atoms with Crippen LogP contribution in [-0.4, -0.2) is 21.4 Å². The molecule has 0 aliphatic carbocycles. The molecule has 7 nitrogen and oxygen atoms in total. The lowest BCUT2D eigenvalue weighted by Crippen LogP contribution is -2.15. The van der Waals surface area contributed by atoms with Gasteiger partial charge in [-0.15, -0.1) is 0 Å². The first-order chi connectivity index (χ1) is 11.9. The maximum absolute atomic E-state index is 13.7. The Kier molecular flexibility index (Phi) is 4.14. The van der Waals surface area contributed by atoms with E-state index >= 15 is 0 Å². The molecule has 0 saturated carbocycles. The highest BCUT2D eigenvalue weighted by Gasteiger charge is 2.30. The summed E-state index contributed by atoms with van der Waals surface area (Å²) < 4.78 is 27.2. The summed E-state index contributed by atoms with van der Waals surface area (Å²) in [6, 6.07) is 6.64. The van der Waals surface area contributed by atoms with Crippen molar-refractivity contribution in [3.63, 3.8) is 0 Å². The molecule has 1 atom stereocenters. The lowest BCUT2D eigenvalue weighted by atomic mass is 9.89. The first kappa shape index (κ1) is 16.5. The third kappa shape index (κ3) is 3.16. The number of halogens is 2. The minimum absolute atomic E-state index is 0.133. The molecule has 0 spiro atoms. The minimum Gasteiger partial charge on any atom is -0.361 e. The molecular weight excluding hydrogens is 336 g/mol. The minimum atomic E-state index is -1.11. The van der Waals surface area contributed by atoms with Crippen LogP contribution in [0.15, 0.2) is 42.6 Å². The first-order valence-electron chi connectivity index (χ1n) is 7.19. The number of benzene rings is 2. The van der Waals surface area contributed by atoms with Crippen LogP contribution in [0, 0.1) is 31.9 Å². The Morgan fingerprint density at radius 3 is 2.36 bits per heavy atom. The number of nitrogens with zero attached hydrogens (tertiary/aromatic N) is 2. The summed E-state index contributed by atoms with van der Waals surface area (Å²) in [5.74, 6) is -2.41. The van der Waals surface area contributed by atoms with Gasteiger partial charge in [0.15, 0.2) is 0 Å². The van der Waals surface area contributed by atoms with E-state index in [1.165, 1.54) is 24.4 Å². The predicted molar refractivity (Wildman–Crippen MR) is 85.0 cm³/mol. The molecule has 1 unspecified atom stereocenters. The van der Waals surface area contributed by atoms with Crippen LogP contribution in [0.4, 0.5) is 14.5 Å². The molecule has 1 heterocycles. The number of fused-ring (bicyclic) bond motifs is 1. The van der Waals surface area contributed by atoms with E-state index in [4.69, 9.17) is 0 Å². The lowest BCUT2D eigenvalue weighted by Gasteiger charge is -2.13. The Morgan fingerprint density at radius 2 is 1.68 bits per heavy atom. The average molecular weight is 347 g/mol. The number of aromatic nitrogens is 1. The third-order valence-corrected chi connectivity index (χ3v) is 3.94. The number of nitrogens with one attached hydrogen (secondary N) is 1. The molecule has 0 aliphatic heterocycles. The molecule has 0 saturated heterocycles. The van der Waals surface area contributed by atoms with Crippen molar-refractivity contribution in [2.24, 2.45) is 0 Å². The molecule has 0 aliphatic rings. The van der Waals surface area contributed by atoms with Crippen LogP contribution >= 0.6 is 0 Å². The Labute approximate surface area is 139 Å². The zero-order valence-corrected chi connectivity index (χ0v) is 12.6. The second kappa shape index (κ2) is 6.27. The van der Waals surface area contributed by atoms with E-state index in [1.807, 2.05) is 0 Å². The quantitative estimate of drug-likeness (QED) is 0.560. The summed E-state index contributed by atoms with van der Waals surface area (Å²) in [4.78, 5) is 23.8. The van der Waals surface area contributed by atoms with Crippen LogP contribution in [0.25, 0.3) is 10.9 Å². The fourth-order valence-electron chi connectivity index (χ4n) is 2.89. The van der Waals surface area contributed by atoms with Crippen LogP contribution in [0.2, 0.25) is 0 Å². The molecule has 0 radical (unpaired) electrons. The van der Waals surface area contributed by atoms with Crippen molar-refractivity contribution in [2.75, 3.05) is 6.54 Å². The van der Waals surface area contributed by atoms with Crippen LogP contribution < -0.4 is 0 Å². The summed E-state index contributed by atoms with van der Waals surface area (Å²) in [7, 11) is 0. The van der Waals surface area contributed by atoms with Crippen molar-refractivity contribution in [3.8, 4) is 0 Å². The lowest BCUT2D eigenvalue weighted by molar-refractivity contribution is -0.482. The van der Waals surface area contributed by atoms with Gasteiger partial charge in [-0.1, -0.05) is 0 Å². The number of rotatable bonds is 5. The van der Waals surface area contributed by atoms with Gasteiger partial charge in [0.25, 0.3) is 5.69 Å². The molecule has 9 heteroatoms. The fraction of sp³-hybridized carbons (Fsp3) is 0.125. The van der Waals surface area contributed by atoms with Crippen molar-refractivity contribution in [2.45, 2.75) is 5.92 Å². The summed E-state index contributed by atoms with van der Waals surface area (Å²) in [5, 5.41) is 22.7. The molecule has 128 valence electrons. The number of nitro benzene ring substituents is 1. The molecule has 25 heavy (non-hydrogen) atoms. The second-order valence-corrected chi connectivity index (χ2v) is 5.46. The normalized spacial score (nSPS) is 12.2. The number of H-pyrrole nitrogens is 1. The molecular formula is C16H11F2N3O4. The molecule has 0 bridgehead atoms. The number of nitro groups is 2. The zero-order chi connectivity index (χ0) is 18.1. The van der Waals surface area contributed by atoms with Crippen molar-refractivity contribution < 1.29 is 18.6 Å². The molecule has 2 aromatic carbocycles. The SMILES string of the molecule is O=[N+]([O-])CC(c1cc(F)ccc1[N+](=O)[O-])c1c[nH]c2ccc(F)cc12. The van der Waals surface area contributed by atoms with Crippen molar-refractivity contribution >= 4 is 16.6 Å². The van der Waals surface area contributed by atoms with Gasteiger partial charge in [-0.05, 0) is 35.9 Å². The van der Waals surface area contributed by atoms with Gasteiger partial charge in [0.1, 0.15) is 11.6 Å². The average Bonchev–Trinajstić information content (AvgIpc) is 2.94. The molecule has 1 N–H and O–H groups in total. The van der Waals surface area contributed by atoms with Crippen molar-refractivity contribution in [3.05, 3.63) is 85.6 Å². The summed E-state index contributed by atoms with van der Waals surface area (Å²) >= 11 is 0. The van der Waals surface area contributed by atoms with Gasteiger partial charge in [-0.25, -0.2) is 8.78 Å². The van der Waals surface area contributed by atoms with Crippen molar-refractivity contribution in [1.82, 2.24) is 4.98 Å². The fourth-order valence-corrected chi connectivity index (χ4v) is 2.89. The van der Waals surface area contributed by atoms with Gasteiger partial charge < -0.3 is 4.98 Å². The summed E-state index contributed by atoms with van der Waals surface area (Å²) in [5.41, 5.74) is 0.245. The Bertz CT molecular complexity index is 987. The van der Waals surface area contributed by atoms with Gasteiger partial charge in [0.05, 0.1) is 10.8 Å². The van der Waals surface area contributed by atoms with Crippen LogP contribution in [0.3, 0.4) is 0 Å². The highest BCUT2D eigenvalue weighted by atomic mass is 19.1. The van der Waals surface area contributed by atoms with E-state index in [9.17, 15) is 29.0 Å².